The van der Waals surface area contributed by atoms with E-state index in [0.717, 1.165) is 25.7 Å². The van der Waals surface area contributed by atoms with Crippen LogP contribution in [0, 0.1) is 5.92 Å². The Labute approximate surface area is 108 Å². The lowest BCUT2D eigenvalue weighted by atomic mass is 10.0. The van der Waals surface area contributed by atoms with Crippen molar-refractivity contribution in [1.29, 1.82) is 0 Å². The maximum absolute atomic E-state index is 11.4. The van der Waals surface area contributed by atoms with E-state index in [-0.39, 0.29) is 5.92 Å². The highest BCUT2D eigenvalue weighted by atomic mass is 16.5. The molecule has 0 bridgehead atoms. The van der Waals surface area contributed by atoms with Crippen molar-refractivity contribution in [3.8, 4) is 5.75 Å². The molecule has 1 fully saturated rings. The highest BCUT2D eigenvalue weighted by Crippen LogP contribution is 2.42. The first kappa shape index (κ1) is 12.9. The summed E-state index contributed by atoms with van der Waals surface area (Å²) in [6.45, 7) is 3.81. The molecule has 0 amide bonds. The Morgan fingerprint density at radius 1 is 1.39 bits per heavy atom. The summed E-state index contributed by atoms with van der Waals surface area (Å²) in [6.07, 6.45) is 4.03. The summed E-state index contributed by atoms with van der Waals surface area (Å²) in [7, 11) is 0. The van der Waals surface area contributed by atoms with Gasteiger partial charge in [0, 0.05) is 5.92 Å². The molecule has 0 spiro atoms. The first-order chi connectivity index (χ1) is 8.56. The van der Waals surface area contributed by atoms with E-state index >= 15 is 0 Å². The molecule has 1 aliphatic carbocycles. The zero-order valence-electron chi connectivity index (χ0n) is 11.0. The van der Waals surface area contributed by atoms with E-state index in [1.165, 1.54) is 5.56 Å². The van der Waals surface area contributed by atoms with E-state index in [9.17, 15) is 9.90 Å². The van der Waals surface area contributed by atoms with Gasteiger partial charge in [-0.25, -0.2) is 4.79 Å². The van der Waals surface area contributed by atoms with Crippen LogP contribution in [0.3, 0.4) is 0 Å². The third-order valence-electron chi connectivity index (χ3n) is 3.57. The van der Waals surface area contributed by atoms with Crippen molar-refractivity contribution in [2.24, 2.45) is 5.92 Å². The summed E-state index contributed by atoms with van der Waals surface area (Å²) in [5.74, 6) is -0.0837. The predicted octanol–water partition coefficient (Wildman–Crippen LogP) is 3.27. The van der Waals surface area contributed by atoms with E-state index in [4.69, 9.17) is 4.74 Å². The maximum atomic E-state index is 11.4. The van der Waals surface area contributed by atoms with Crippen molar-refractivity contribution < 1.29 is 14.6 Å². The molecule has 0 aliphatic heterocycles. The van der Waals surface area contributed by atoms with Crippen molar-refractivity contribution in [3.63, 3.8) is 0 Å². The van der Waals surface area contributed by atoms with Crippen LogP contribution in [0.1, 0.15) is 38.7 Å². The number of rotatable bonds is 6. The van der Waals surface area contributed by atoms with E-state index in [1.54, 1.807) is 6.92 Å². The van der Waals surface area contributed by atoms with E-state index in [0.29, 0.717) is 5.75 Å². The van der Waals surface area contributed by atoms with Crippen LogP contribution in [0.2, 0.25) is 0 Å². The molecule has 1 atom stereocenters. The molecule has 98 valence electrons. The molecule has 3 nitrogen and oxygen atoms in total. The number of hydrogen-bond acceptors (Lipinski definition) is 2. The molecule has 1 N–H and O–H groups in total. The molecule has 0 radical (unpaired) electrons. The molecular formula is C15H20O3. The summed E-state index contributed by atoms with van der Waals surface area (Å²) >= 11 is 0. The Morgan fingerprint density at radius 2 is 2.00 bits per heavy atom. The number of carboxylic acid groups (broad SMARTS) is 1. The Hall–Kier alpha value is -1.51. The summed E-state index contributed by atoms with van der Waals surface area (Å²) in [6, 6.07) is 7.76. The Morgan fingerprint density at radius 3 is 2.44 bits per heavy atom. The predicted molar refractivity (Wildman–Crippen MR) is 69.8 cm³/mol. The van der Waals surface area contributed by atoms with Crippen LogP contribution in [0.15, 0.2) is 24.3 Å². The third kappa shape index (κ3) is 2.66. The van der Waals surface area contributed by atoms with Gasteiger partial charge in [0.1, 0.15) is 5.75 Å². The van der Waals surface area contributed by atoms with Crippen molar-refractivity contribution in [1.82, 2.24) is 0 Å². The average molecular weight is 248 g/mol. The van der Waals surface area contributed by atoms with E-state index < -0.39 is 11.6 Å². The number of carbonyl (C=O) groups is 1. The highest BCUT2D eigenvalue weighted by Gasteiger charge is 2.49. The van der Waals surface area contributed by atoms with Crippen molar-refractivity contribution in [3.05, 3.63) is 29.8 Å². The van der Waals surface area contributed by atoms with Gasteiger partial charge in [-0.3, -0.25) is 0 Å². The molecule has 2 rings (SSSR count). The minimum atomic E-state index is -1.08. The number of aryl methyl sites for hydroxylation is 1. The molecular weight excluding hydrogens is 228 g/mol. The molecule has 1 aromatic rings. The normalized spacial score (nSPS) is 18.1. The van der Waals surface area contributed by atoms with Gasteiger partial charge >= 0.3 is 5.97 Å². The van der Waals surface area contributed by atoms with Gasteiger partial charge in [0.15, 0.2) is 0 Å². The van der Waals surface area contributed by atoms with Gasteiger partial charge in [-0.2, -0.15) is 0 Å². The molecule has 3 heteroatoms. The topological polar surface area (TPSA) is 46.5 Å². The third-order valence-corrected chi connectivity index (χ3v) is 3.57. The lowest BCUT2D eigenvalue weighted by Gasteiger charge is -2.26. The quantitative estimate of drug-likeness (QED) is 0.840. The molecule has 0 saturated heterocycles. The monoisotopic (exact) mass is 248 g/mol. The second-order valence-electron chi connectivity index (χ2n) is 5.18. The first-order valence-electron chi connectivity index (χ1n) is 6.57. The SMILES string of the molecule is CCCc1ccc(OC(C)(C(=O)O)C2CC2)cc1. The number of aliphatic carboxylic acids is 1. The molecule has 18 heavy (non-hydrogen) atoms. The second kappa shape index (κ2) is 5.01. The summed E-state index contributed by atoms with van der Waals surface area (Å²) in [5, 5.41) is 9.32. The lowest BCUT2D eigenvalue weighted by molar-refractivity contribution is -0.155. The van der Waals surface area contributed by atoms with Crippen LogP contribution in [0.25, 0.3) is 0 Å². The zero-order chi connectivity index (χ0) is 13.2. The molecule has 1 unspecified atom stereocenters. The average Bonchev–Trinajstić information content (AvgIpc) is 3.16. The zero-order valence-corrected chi connectivity index (χ0v) is 11.0. The number of benzene rings is 1. The van der Waals surface area contributed by atoms with Gasteiger partial charge in [-0.05, 0) is 43.9 Å². The smallest absolute Gasteiger partial charge is 0.348 e. The Kier molecular flexibility index (Phi) is 3.60. The summed E-state index contributed by atoms with van der Waals surface area (Å²) < 4.78 is 5.72. The fourth-order valence-electron chi connectivity index (χ4n) is 2.19. The van der Waals surface area contributed by atoms with Crippen molar-refractivity contribution in [2.75, 3.05) is 0 Å². The fourth-order valence-corrected chi connectivity index (χ4v) is 2.19. The van der Waals surface area contributed by atoms with Crippen LogP contribution in [-0.4, -0.2) is 16.7 Å². The molecule has 1 saturated carbocycles. The van der Waals surface area contributed by atoms with Gasteiger partial charge < -0.3 is 9.84 Å². The molecule has 0 aromatic heterocycles. The highest BCUT2D eigenvalue weighted by molar-refractivity contribution is 5.78. The largest absolute Gasteiger partial charge is 0.478 e. The molecule has 1 aliphatic rings. The van der Waals surface area contributed by atoms with Crippen LogP contribution < -0.4 is 4.74 Å². The minimum Gasteiger partial charge on any atom is -0.478 e. The number of carboxylic acids is 1. The minimum absolute atomic E-state index is 0.144. The van der Waals surface area contributed by atoms with Crippen molar-refractivity contribution >= 4 is 5.97 Å². The van der Waals surface area contributed by atoms with E-state index in [2.05, 4.69) is 6.92 Å². The molecule has 0 heterocycles. The molecule has 1 aromatic carbocycles. The van der Waals surface area contributed by atoms with Crippen LogP contribution in [0.5, 0.6) is 5.75 Å². The van der Waals surface area contributed by atoms with Crippen LogP contribution >= 0.6 is 0 Å². The van der Waals surface area contributed by atoms with Crippen LogP contribution in [-0.2, 0) is 11.2 Å². The van der Waals surface area contributed by atoms with Gasteiger partial charge in [-0.1, -0.05) is 25.5 Å². The first-order valence-corrected chi connectivity index (χ1v) is 6.57. The van der Waals surface area contributed by atoms with E-state index in [1.807, 2.05) is 24.3 Å². The van der Waals surface area contributed by atoms with Crippen LogP contribution in [0.4, 0.5) is 0 Å². The number of ether oxygens (including phenoxy) is 1. The maximum Gasteiger partial charge on any atom is 0.348 e. The second-order valence-corrected chi connectivity index (χ2v) is 5.18. The standard InChI is InChI=1S/C15H20O3/c1-3-4-11-5-9-13(10-6-11)18-15(2,14(16)17)12-7-8-12/h5-6,9-10,12H,3-4,7-8H2,1-2H3,(H,16,17). The fraction of sp³-hybridized carbons (Fsp3) is 0.533. The Bertz CT molecular complexity index is 420. The van der Waals surface area contributed by atoms with Crippen molar-refractivity contribution in [2.45, 2.75) is 45.1 Å². The van der Waals surface area contributed by atoms with Gasteiger partial charge in [0.2, 0.25) is 5.60 Å². The lowest BCUT2D eigenvalue weighted by Crippen LogP contribution is -2.43. The van der Waals surface area contributed by atoms with Gasteiger partial charge in [-0.15, -0.1) is 0 Å². The number of hydrogen-bond donors (Lipinski definition) is 1. The summed E-state index contributed by atoms with van der Waals surface area (Å²) in [4.78, 5) is 11.4. The van der Waals surface area contributed by atoms with Gasteiger partial charge in [0.25, 0.3) is 0 Å². The summed E-state index contributed by atoms with van der Waals surface area (Å²) in [5.41, 5.74) is 0.181. The Balaban J connectivity index is 2.09. The van der Waals surface area contributed by atoms with Gasteiger partial charge in [0.05, 0.1) is 0 Å².